The molecule has 1 heterocycles. The lowest BCUT2D eigenvalue weighted by Crippen LogP contribution is -1.91. The van der Waals surface area contributed by atoms with Crippen LogP contribution in [0.2, 0.25) is 0 Å². The van der Waals surface area contributed by atoms with Gasteiger partial charge in [0.2, 0.25) is 0 Å². The molecule has 1 nitrogen and oxygen atoms in total. The first kappa shape index (κ1) is 6.87. The third-order valence-electron chi connectivity index (χ3n) is 1.48. The molecule has 0 spiro atoms. The van der Waals surface area contributed by atoms with Gasteiger partial charge in [-0.3, -0.25) is 0 Å². The van der Waals surface area contributed by atoms with Gasteiger partial charge in [-0.2, -0.15) is 0 Å². The van der Waals surface area contributed by atoms with E-state index < -0.39 is 0 Å². The first-order valence-corrected chi connectivity index (χ1v) is 4.12. The summed E-state index contributed by atoms with van der Waals surface area (Å²) in [4.78, 5) is 1.14. The number of hydrogen-bond acceptors (Lipinski definition) is 2. The van der Waals surface area contributed by atoms with Crippen molar-refractivity contribution in [3.8, 4) is 0 Å². The Labute approximate surface area is 60.0 Å². The van der Waals surface area contributed by atoms with Crippen LogP contribution in [-0.4, -0.2) is 11.5 Å². The van der Waals surface area contributed by atoms with E-state index in [0.717, 1.165) is 16.6 Å². The molecule has 1 unspecified atom stereocenters. The molecule has 0 saturated heterocycles. The topological polar surface area (TPSA) is 23.9 Å². The summed E-state index contributed by atoms with van der Waals surface area (Å²) in [6.45, 7) is 2.19. The lowest BCUT2D eigenvalue weighted by Gasteiger charge is -2.01. The maximum absolute atomic E-state index is 6.95. The monoisotopic (exact) mass is 141 g/mol. The van der Waals surface area contributed by atoms with Crippen molar-refractivity contribution < 1.29 is 0 Å². The molecule has 0 saturated carbocycles. The van der Waals surface area contributed by atoms with E-state index in [9.17, 15) is 0 Å². The molecule has 0 fully saturated rings. The summed E-state index contributed by atoms with van der Waals surface area (Å²) in [5.41, 5.74) is 0. The molecular weight excluding hydrogens is 130 g/mol. The molecule has 50 valence electrons. The van der Waals surface area contributed by atoms with Crippen LogP contribution in [0.1, 0.15) is 19.8 Å². The Morgan fingerprint density at radius 2 is 2.78 bits per heavy atom. The molecule has 0 aromatic carbocycles. The molecule has 1 N–H and O–H groups in total. The van der Waals surface area contributed by atoms with Gasteiger partial charge in [0.05, 0.1) is 0 Å². The summed E-state index contributed by atoms with van der Waals surface area (Å²) >= 11 is 1.83. The van der Waals surface area contributed by atoms with Crippen LogP contribution >= 0.6 is 11.8 Å². The average molecular weight is 141 g/mol. The Kier molecular flexibility index (Phi) is 2.34. The van der Waals surface area contributed by atoms with Crippen LogP contribution in [0.5, 0.6) is 0 Å². The highest BCUT2D eigenvalue weighted by atomic mass is 32.2. The average Bonchev–Trinajstić information content (AvgIpc) is 2.34. The first-order chi connectivity index (χ1) is 4.36. The van der Waals surface area contributed by atoms with E-state index in [0.29, 0.717) is 0 Å². The van der Waals surface area contributed by atoms with Gasteiger partial charge in [0, 0.05) is 16.4 Å². The molecule has 1 rings (SSSR count). The van der Waals surface area contributed by atoms with E-state index in [1.165, 1.54) is 12.6 Å². The molecule has 0 aromatic heterocycles. The number of hydrogen-bond donors (Lipinski definition) is 1. The van der Waals surface area contributed by atoms with Crippen molar-refractivity contribution >= 4 is 18.0 Å². The summed E-state index contributed by atoms with van der Waals surface area (Å²) in [6.07, 6.45) is 5.97. The molecule has 2 heteroatoms. The second-order valence-corrected chi connectivity index (χ2v) is 3.51. The molecule has 9 heavy (non-hydrogen) atoms. The summed E-state index contributed by atoms with van der Waals surface area (Å²) < 4.78 is 0. The Bertz CT molecular complexity index is 140. The Morgan fingerprint density at radius 1 is 2.00 bits per heavy atom. The quantitative estimate of drug-likeness (QED) is 0.587. The van der Waals surface area contributed by atoms with Gasteiger partial charge in [0.15, 0.2) is 0 Å². The second kappa shape index (κ2) is 3.06. The molecule has 0 aromatic rings. The van der Waals surface area contributed by atoms with Crippen LogP contribution in [0.4, 0.5) is 0 Å². The lowest BCUT2D eigenvalue weighted by molar-refractivity contribution is 0.849. The van der Waals surface area contributed by atoms with E-state index >= 15 is 0 Å². The van der Waals surface area contributed by atoms with Crippen molar-refractivity contribution in [2.24, 2.45) is 0 Å². The van der Waals surface area contributed by atoms with Crippen molar-refractivity contribution in [3.05, 3.63) is 11.0 Å². The summed E-state index contributed by atoms with van der Waals surface area (Å²) in [5.74, 6) is 0. The highest BCUT2D eigenvalue weighted by molar-refractivity contribution is 8.04. The third-order valence-corrected chi connectivity index (χ3v) is 2.90. The molecule has 1 aliphatic rings. The SMILES string of the molecule is CCC1CC=C(C=N)S1. The molecule has 0 amide bonds. The summed E-state index contributed by atoms with van der Waals surface area (Å²) in [5, 5.41) is 7.70. The Morgan fingerprint density at radius 3 is 3.11 bits per heavy atom. The van der Waals surface area contributed by atoms with E-state index in [4.69, 9.17) is 5.41 Å². The molecule has 0 bridgehead atoms. The predicted molar refractivity (Wildman–Crippen MR) is 43.2 cm³/mol. The zero-order chi connectivity index (χ0) is 6.69. The minimum Gasteiger partial charge on any atom is -0.308 e. The number of rotatable bonds is 2. The van der Waals surface area contributed by atoms with E-state index in [2.05, 4.69) is 13.0 Å². The van der Waals surface area contributed by atoms with Gasteiger partial charge in [-0.1, -0.05) is 13.0 Å². The first-order valence-electron chi connectivity index (χ1n) is 3.24. The van der Waals surface area contributed by atoms with E-state index in [-0.39, 0.29) is 0 Å². The van der Waals surface area contributed by atoms with Gasteiger partial charge >= 0.3 is 0 Å². The maximum atomic E-state index is 6.95. The van der Waals surface area contributed by atoms with Crippen molar-refractivity contribution in [2.45, 2.75) is 25.0 Å². The number of allylic oxidation sites excluding steroid dienone is 2. The second-order valence-electron chi connectivity index (χ2n) is 2.13. The standard InChI is InChI=1S/C7H11NS/c1-2-6-3-4-7(5-8)9-6/h4-6,8H,2-3H2,1H3. The van der Waals surface area contributed by atoms with Crippen molar-refractivity contribution in [1.29, 1.82) is 5.41 Å². The fourth-order valence-corrected chi connectivity index (χ4v) is 1.88. The molecule has 0 aliphatic carbocycles. The molecule has 1 aliphatic heterocycles. The fourth-order valence-electron chi connectivity index (χ4n) is 0.879. The van der Waals surface area contributed by atoms with Gasteiger partial charge in [-0.25, -0.2) is 0 Å². The number of nitrogens with one attached hydrogen (secondary N) is 1. The summed E-state index contributed by atoms with van der Waals surface area (Å²) in [7, 11) is 0. The van der Waals surface area contributed by atoms with E-state index in [1.807, 2.05) is 11.8 Å². The predicted octanol–water partition coefficient (Wildman–Crippen LogP) is 2.44. The highest BCUT2D eigenvalue weighted by Gasteiger charge is 2.13. The Balaban J connectivity index is 2.39. The third kappa shape index (κ3) is 1.58. The fraction of sp³-hybridized carbons (Fsp3) is 0.571. The van der Waals surface area contributed by atoms with Crippen LogP contribution in [0.25, 0.3) is 0 Å². The minimum absolute atomic E-state index is 0.751. The van der Waals surface area contributed by atoms with Crippen LogP contribution in [-0.2, 0) is 0 Å². The lowest BCUT2D eigenvalue weighted by atomic mass is 10.2. The maximum Gasteiger partial charge on any atom is 0.0310 e. The van der Waals surface area contributed by atoms with Crippen molar-refractivity contribution in [2.75, 3.05) is 0 Å². The van der Waals surface area contributed by atoms with Crippen molar-refractivity contribution in [3.63, 3.8) is 0 Å². The van der Waals surface area contributed by atoms with Gasteiger partial charge in [-0.15, -0.1) is 11.8 Å². The zero-order valence-electron chi connectivity index (χ0n) is 5.55. The van der Waals surface area contributed by atoms with Gasteiger partial charge < -0.3 is 5.41 Å². The molecule has 1 atom stereocenters. The summed E-state index contributed by atoms with van der Waals surface area (Å²) in [6, 6.07) is 0. The van der Waals surface area contributed by atoms with Gasteiger partial charge in [0.25, 0.3) is 0 Å². The molecule has 0 radical (unpaired) electrons. The van der Waals surface area contributed by atoms with Gasteiger partial charge in [-0.05, 0) is 12.8 Å². The van der Waals surface area contributed by atoms with E-state index in [1.54, 1.807) is 0 Å². The largest absolute Gasteiger partial charge is 0.308 e. The highest BCUT2D eigenvalue weighted by Crippen LogP contribution is 2.32. The van der Waals surface area contributed by atoms with Crippen LogP contribution in [0.3, 0.4) is 0 Å². The smallest absolute Gasteiger partial charge is 0.0310 e. The van der Waals surface area contributed by atoms with Crippen molar-refractivity contribution in [1.82, 2.24) is 0 Å². The zero-order valence-corrected chi connectivity index (χ0v) is 6.37. The Hall–Kier alpha value is -0.240. The van der Waals surface area contributed by atoms with Gasteiger partial charge in [0.1, 0.15) is 0 Å². The van der Waals surface area contributed by atoms with Crippen LogP contribution in [0, 0.1) is 5.41 Å². The number of thioether (sulfide) groups is 1. The van der Waals surface area contributed by atoms with Crippen LogP contribution in [0.15, 0.2) is 11.0 Å². The normalized spacial score (nSPS) is 25.9. The molecular formula is C7H11NS. The minimum atomic E-state index is 0.751. The van der Waals surface area contributed by atoms with Crippen LogP contribution < -0.4 is 0 Å².